The fraction of sp³-hybridized carbons (Fsp3) is 0. The average molecular weight is 172 g/mol. The maximum Gasteiger partial charge on any atom is 0.371 e. The Hall–Kier alpha value is -1.83. The van der Waals surface area contributed by atoms with Crippen molar-refractivity contribution in [3.63, 3.8) is 0 Å². The van der Waals surface area contributed by atoms with Gasteiger partial charge in [0.2, 0.25) is 5.69 Å². The van der Waals surface area contributed by atoms with E-state index in [1.807, 2.05) is 42.6 Å². The monoisotopic (exact) mass is 172 g/mol. The predicted molar refractivity (Wildman–Crippen MR) is 49.6 cm³/mol. The van der Waals surface area contributed by atoms with E-state index in [9.17, 15) is 5.11 Å². The first-order valence-corrected chi connectivity index (χ1v) is 4.13. The average Bonchev–Trinajstić information content (AvgIpc) is 2.20. The van der Waals surface area contributed by atoms with Gasteiger partial charge in [0.1, 0.15) is 0 Å². The number of hydrogen-bond donors (Lipinski definition) is 1. The fourth-order valence-corrected chi connectivity index (χ4v) is 1.24. The highest BCUT2D eigenvalue weighted by Gasteiger charge is 2.08. The molecule has 0 unspecified atom stereocenters. The Kier molecular flexibility index (Phi) is 1.96. The van der Waals surface area contributed by atoms with Crippen LogP contribution < -0.4 is 4.57 Å². The molecule has 13 heavy (non-hydrogen) atoms. The molecule has 0 saturated carbocycles. The number of nitrogens with zero attached hydrogens (tertiary/aromatic N) is 1. The van der Waals surface area contributed by atoms with E-state index in [0.29, 0.717) is 0 Å². The molecule has 0 aliphatic carbocycles. The van der Waals surface area contributed by atoms with Gasteiger partial charge in [0, 0.05) is 18.2 Å². The predicted octanol–water partition coefficient (Wildman–Crippen LogP) is 1.67. The second-order valence-corrected chi connectivity index (χ2v) is 2.76. The molecule has 64 valence electrons. The third-order valence-electron chi connectivity index (χ3n) is 1.87. The third kappa shape index (κ3) is 1.51. The van der Waals surface area contributed by atoms with Gasteiger partial charge in [-0.3, -0.25) is 0 Å². The SMILES string of the molecule is Oc1cccc[n+]1-c1ccccc1. The Bertz CT molecular complexity index is 398. The van der Waals surface area contributed by atoms with Crippen LogP contribution in [-0.2, 0) is 0 Å². The number of aromatic hydroxyl groups is 1. The zero-order valence-electron chi connectivity index (χ0n) is 7.09. The normalized spacial score (nSPS) is 9.85. The Morgan fingerprint density at radius 3 is 2.23 bits per heavy atom. The molecule has 0 amide bonds. The zero-order valence-corrected chi connectivity index (χ0v) is 7.09. The minimum atomic E-state index is 0.244. The van der Waals surface area contributed by atoms with Gasteiger partial charge in [-0.25, -0.2) is 0 Å². The lowest BCUT2D eigenvalue weighted by atomic mass is 10.3. The standard InChI is InChI=1S/C11H9NO/c13-11-8-4-5-9-12(11)10-6-2-1-3-7-10/h1-9H/p+1. The van der Waals surface area contributed by atoms with Crippen molar-refractivity contribution in [1.82, 2.24) is 0 Å². The van der Waals surface area contributed by atoms with E-state index >= 15 is 0 Å². The number of aromatic nitrogens is 1. The summed E-state index contributed by atoms with van der Waals surface area (Å²) >= 11 is 0. The van der Waals surface area contributed by atoms with Gasteiger partial charge in [-0.1, -0.05) is 18.2 Å². The molecule has 2 nitrogen and oxygen atoms in total. The largest absolute Gasteiger partial charge is 0.459 e. The van der Waals surface area contributed by atoms with Crippen LogP contribution in [0.25, 0.3) is 5.69 Å². The van der Waals surface area contributed by atoms with E-state index in [1.54, 1.807) is 16.7 Å². The van der Waals surface area contributed by atoms with Crippen LogP contribution in [0.15, 0.2) is 54.7 Å². The van der Waals surface area contributed by atoms with Crippen LogP contribution in [0, 0.1) is 0 Å². The number of rotatable bonds is 1. The minimum absolute atomic E-state index is 0.244. The van der Waals surface area contributed by atoms with Gasteiger partial charge in [-0.05, 0) is 6.07 Å². The van der Waals surface area contributed by atoms with Crippen molar-refractivity contribution in [2.24, 2.45) is 0 Å². The van der Waals surface area contributed by atoms with E-state index < -0.39 is 0 Å². The highest BCUT2D eigenvalue weighted by Crippen LogP contribution is 2.04. The number of hydrogen-bond acceptors (Lipinski definition) is 1. The van der Waals surface area contributed by atoms with Crippen molar-refractivity contribution in [2.45, 2.75) is 0 Å². The van der Waals surface area contributed by atoms with Crippen molar-refractivity contribution in [2.75, 3.05) is 0 Å². The van der Waals surface area contributed by atoms with Crippen LogP contribution in [0.2, 0.25) is 0 Å². The maximum atomic E-state index is 9.53. The molecular weight excluding hydrogens is 162 g/mol. The van der Waals surface area contributed by atoms with Crippen molar-refractivity contribution in [3.8, 4) is 11.6 Å². The van der Waals surface area contributed by atoms with Crippen molar-refractivity contribution in [3.05, 3.63) is 54.7 Å². The molecule has 0 saturated heterocycles. The number of pyridine rings is 1. The fourth-order valence-electron chi connectivity index (χ4n) is 1.24. The van der Waals surface area contributed by atoms with E-state index in [0.717, 1.165) is 5.69 Å². The number of benzene rings is 1. The molecule has 1 heterocycles. The van der Waals surface area contributed by atoms with Crippen molar-refractivity contribution in [1.29, 1.82) is 0 Å². The Balaban J connectivity index is 2.54. The summed E-state index contributed by atoms with van der Waals surface area (Å²) in [7, 11) is 0. The lowest BCUT2D eigenvalue weighted by Gasteiger charge is -1.95. The molecule has 2 rings (SSSR count). The molecule has 0 atom stereocenters. The van der Waals surface area contributed by atoms with Gasteiger partial charge in [0.25, 0.3) is 0 Å². The molecule has 1 aromatic heterocycles. The molecule has 0 spiro atoms. The highest BCUT2D eigenvalue weighted by atomic mass is 16.3. The first-order chi connectivity index (χ1) is 6.38. The second-order valence-electron chi connectivity index (χ2n) is 2.76. The van der Waals surface area contributed by atoms with E-state index in [1.165, 1.54) is 0 Å². The topological polar surface area (TPSA) is 24.1 Å². The first kappa shape index (κ1) is 7.80. The van der Waals surface area contributed by atoms with Gasteiger partial charge in [-0.15, -0.1) is 4.57 Å². The zero-order chi connectivity index (χ0) is 9.10. The Labute approximate surface area is 76.7 Å². The smallest absolute Gasteiger partial charge is 0.371 e. The molecular formula is C11H10NO+. The van der Waals surface area contributed by atoms with Crippen LogP contribution >= 0.6 is 0 Å². The van der Waals surface area contributed by atoms with Gasteiger partial charge >= 0.3 is 5.88 Å². The maximum absolute atomic E-state index is 9.53. The van der Waals surface area contributed by atoms with E-state index in [2.05, 4.69) is 0 Å². The van der Waals surface area contributed by atoms with E-state index in [4.69, 9.17) is 0 Å². The van der Waals surface area contributed by atoms with Gasteiger partial charge in [0.05, 0.1) is 6.07 Å². The molecule has 0 fully saturated rings. The molecule has 0 aliphatic heterocycles. The van der Waals surface area contributed by atoms with Gasteiger partial charge in [0.15, 0.2) is 6.20 Å². The van der Waals surface area contributed by atoms with Crippen molar-refractivity contribution < 1.29 is 9.67 Å². The minimum Gasteiger partial charge on any atom is -0.459 e. The highest BCUT2D eigenvalue weighted by molar-refractivity contribution is 5.22. The van der Waals surface area contributed by atoms with Crippen LogP contribution in [-0.4, -0.2) is 5.11 Å². The van der Waals surface area contributed by atoms with Crippen LogP contribution in [0.5, 0.6) is 5.88 Å². The van der Waals surface area contributed by atoms with Crippen LogP contribution in [0.4, 0.5) is 0 Å². The van der Waals surface area contributed by atoms with E-state index in [-0.39, 0.29) is 5.88 Å². The summed E-state index contributed by atoms with van der Waals surface area (Å²) in [6.45, 7) is 0. The molecule has 1 aromatic carbocycles. The summed E-state index contributed by atoms with van der Waals surface area (Å²) in [6, 6.07) is 15.1. The molecule has 2 aromatic rings. The summed E-state index contributed by atoms with van der Waals surface area (Å²) < 4.78 is 1.72. The van der Waals surface area contributed by atoms with Gasteiger partial charge in [-0.2, -0.15) is 0 Å². The lowest BCUT2D eigenvalue weighted by Crippen LogP contribution is -2.29. The molecule has 2 heteroatoms. The summed E-state index contributed by atoms with van der Waals surface area (Å²) in [5, 5.41) is 9.53. The summed E-state index contributed by atoms with van der Waals surface area (Å²) in [6.07, 6.45) is 1.82. The molecule has 0 radical (unpaired) electrons. The van der Waals surface area contributed by atoms with Crippen LogP contribution in [0.3, 0.4) is 0 Å². The first-order valence-electron chi connectivity index (χ1n) is 4.13. The molecule has 0 bridgehead atoms. The second kappa shape index (κ2) is 3.27. The lowest BCUT2D eigenvalue weighted by molar-refractivity contribution is -0.604. The number of para-hydroxylation sites is 1. The quantitative estimate of drug-likeness (QED) is 0.650. The van der Waals surface area contributed by atoms with Crippen LogP contribution in [0.1, 0.15) is 0 Å². The van der Waals surface area contributed by atoms with Gasteiger partial charge < -0.3 is 5.11 Å². The third-order valence-corrected chi connectivity index (χ3v) is 1.87. The summed E-state index contributed by atoms with van der Waals surface area (Å²) in [4.78, 5) is 0. The summed E-state index contributed by atoms with van der Waals surface area (Å²) in [5.74, 6) is 0.244. The Morgan fingerprint density at radius 2 is 1.54 bits per heavy atom. The Morgan fingerprint density at radius 1 is 0.846 bits per heavy atom. The van der Waals surface area contributed by atoms with Crippen molar-refractivity contribution >= 4 is 0 Å². The summed E-state index contributed by atoms with van der Waals surface area (Å²) in [5.41, 5.74) is 0.959. The molecule has 0 aliphatic rings. The molecule has 1 N–H and O–H groups in total.